The third kappa shape index (κ3) is 5.90. The van der Waals surface area contributed by atoms with Gasteiger partial charge in [-0.2, -0.15) is 0 Å². The summed E-state index contributed by atoms with van der Waals surface area (Å²) in [4.78, 5) is 27.6. The van der Waals surface area contributed by atoms with Crippen LogP contribution >= 0.6 is 35.6 Å². The third-order valence-electron chi connectivity index (χ3n) is 5.48. The molecule has 4 rings (SSSR count). The van der Waals surface area contributed by atoms with Crippen molar-refractivity contribution in [3.8, 4) is 11.5 Å². The van der Waals surface area contributed by atoms with Gasteiger partial charge in [-0.05, 0) is 48.4 Å². The Balaban J connectivity index is 1.45. The van der Waals surface area contributed by atoms with Crippen molar-refractivity contribution >= 4 is 63.5 Å². The highest BCUT2D eigenvalue weighted by Gasteiger charge is 2.35. The Hall–Kier alpha value is -3.33. The fourth-order valence-electron chi connectivity index (χ4n) is 3.63. The molecular weight excluding hydrogens is 516 g/mol. The Kier molecular flexibility index (Phi) is 8.30. The van der Waals surface area contributed by atoms with Gasteiger partial charge in [0.1, 0.15) is 4.32 Å². The number of nitrogens with one attached hydrogen (secondary N) is 1. The monoisotopic (exact) mass is 538 g/mol. The molecule has 0 radical (unpaired) electrons. The molecule has 1 N–H and O–H groups in total. The molecule has 2 amide bonds. The molecule has 0 aromatic heterocycles. The number of anilines is 1. The van der Waals surface area contributed by atoms with E-state index < -0.39 is 0 Å². The quantitative estimate of drug-likeness (QED) is 0.267. The van der Waals surface area contributed by atoms with E-state index in [0.29, 0.717) is 31.4 Å². The smallest absolute Gasteiger partial charge is 0.266 e. The van der Waals surface area contributed by atoms with Gasteiger partial charge >= 0.3 is 0 Å². The fourth-order valence-corrected chi connectivity index (χ4v) is 5.23. The van der Waals surface area contributed by atoms with Crippen LogP contribution in [-0.2, 0) is 9.59 Å². The summed E-state index contributed by atoms with van der Waals surface area (Å²) in [6.45, 7) is 1.73. The van der Waals surface area contributed by atoms with Crippen LogP contribution in [0.5, 0.6) is 11.5 Å². The van der Waals surface area contributed by atoms with Crippen molar-refractivity contribution in [2.45, 2.75) is 13.0 Å². The van der Waals surface area contributed by atoms with Gasteiger partial charge in [-0.3, -0.25) is 14.5 Å². The number of carbonyl (C=O) groups excluding carboxylic acids is 2. The lowest BCUT2D eigenvalue weighted by molar-refractivity contribution is -0.123. The Bertz CT molecular complexity index is 1330. The maximum atomic E-state index is 13.1. The lowest BCUT2D eigenvalue weighted by Gasteiger charge is -2.23. The zero-order chi connectivity index (χ0) is 25.7. The molecule has 184 valence electrons. The van der Waals surface area contributed by atoms with Crippen molar-refractivity contribution in [3.63, 3.8) is 0 Å². The van der Waals surface area contributed by atoms with Crippen LogP contribution in [0.1, 0.15) is 24.1 Å². The number of hydrogen-bond acceptors (Lipinski definition) is 6. The molecule has 0 saturated carbocycles. The highest BCUT2D eigenvalue weighted by atomic mass is 35.5. The van der Waals surface area contributed by atoms with Crippen molar-refractivity contribution in [1.82, 2.24) is 4.90 Å². The van der Waals surface area contributed by atoms with Crippen LogP contribution in [0.3, 0.4) is 0 Å². The van der Waals surface area contributed by atoms with Gasteiger partial charge in [-0.1, -0.05) is 84.1 Å². The van der Waals surface area contributed by atoms with Crippen LogP contribution in [-0.4, -0.2) is 34.8 Å². The lowest BCUT2D eigenvalue weighted by Crippen LogP contribution is -2.30. The van der Waals surface area contributed by atoms with Crippen LogP contribution in [0.4, 0.5) is 5.69 Å². The van der Waals surface area contributed by atoms with Gasteiger partial charge < -0.3 is 14.8 Å². The van der Waals surface area contributed by atoms with E-state index in [9.17, 15) is 9.59 Å². The molecule has 1 fully saturated rings. The number of halogens is 1. The van der Waals surface area contributed by atoms with Gasteiger partial charge in [0.15, 0.2) is 18.1 Å². The zero-order valence-electron chi connectivity index (χ0n) is 19.6. The van der Waals surface area contributed by atoms with Gasteiger partial charge in [0.2, 0.25) is 0 Å². The van der Waals surface area contributed by atoms with Crippen molar-refractivity contribution in [2.75, 3.05) is 19.0 Å². The second kappa shape index (κ2) is 11.6. The second-order valence-corrected chi connectivity index (χ2v) is 9.95. The first-order chi connectivity index (χ1) is 17.4. The highest BCUT2D eigenvalue weighted by molar-refractivity contribution is 8.26. The Labute approximate surface area is 224 Å². The molecule has 0 spiro atoms. The van der Waals surface area contributed by atoms with Crippen LogP contribution in [0.25, 0.3) is 6.08 Å². The number of hydrogen-bond donors (Lipinski definition) is 1. The number of thiocarbonyl (C=S) groups is 1. The second-order valence-electron chi connectivity index (χ2n) is 7.87. The average molecular weight is 539 g/mol. The van der Waals surface area contributed by atoms with Crippen molar-refractivity contribution in [1.29, 1.82) is 0 Å². The summed E-state index contributed by atoms with van der Waals surface area (Å²) in [5, 5.41) is 3.15. The molecule has 1 aliphatic heterocycles. The van der Waals surface area contributed by atoms with E-state index in [1.165, 1.54) is 18.9 Å². The maximum absolute atomic E-state index is 13.1. The van der Waals surface area contributed by atoms with E-state index in [-0.39, 0.29) is 24.5 Å². The molecule has 1 atom stereocenters. The number of nitrogens with zero attached hydrogens (tertiary/aromatic N) is 1. The van der Waals surface area contributed by atoms with Gasteiger partial charge in [0.25, 0.3) is 11.8 Å². The number of carbonyl (C=O) groups is 2. The number of methoxy groups -OCH3 is 1. The zero-order valence-corrected chi connectivity index (χ0v) is 22.0. The molecule has 1 aliphatic rings. The van der Waals surface area contributed by atoms with Crippen LogP contribution < -0.4 is 14.8 Å². The molecule has 36 heavy (non-hydrogen) atoms. The van der Waals surface area contributed by atoms with Crippen LogP contribution in [0, 0.1) is 0 Å². The Morgan fingerprint density at radius 2 is 1.83 bits per heavy atom. The van der Waals surface area contributed by atoms with E-state index in [4.69, 9.17) is 33.3 Å². The van der Waals surface area contributed by atoms with Gasteiger partial charge in [-0.25, -0.2) is 0 Å². The van der Waals surface area contributed by atoms with Crippen LogP contribution in [0.2, 0.25) is 5.02 Å². The number of benzene rings is 3. The van der Waals surface area contributed by atoms with Crippen LogP contribution in [0.15, 0.2) is 77.7 Å². The molecule has 3 aromatic carbocycles. The summed E-state index contributed by atoms with van der Waals surface area (Å²) < 4.78 is 11.6. The van der Waals surface area contributed by atoms with Crippen molar-refractivity contribution in [2.24, 2.45) is 0 Å². The molecular formula is C27H23ClN2O4S2. The van der Waals surface area contributed by atoms with E-state index in [1.54, 1.807) is 53.4 Å². The predicted octanol–water partition coefficient (Wildman–Crippen LogP) is 6.33. The molecule has 6 nitrogen and oxygen atoms in total. The average Bonchev–Trinajstić information content (AvgIpc) is 3.16. The Morgan fingerprint density at radius 1 is 1.11 bits per heavy atom. The summed E-state index contributed by atoms with van der Waals surface area (Å²) in [5.74, 6) is 0.332. The topological polar surface area (TPSA) is 67.9 Å². The number of para-hydroxylation sites is 1. The normalized spacial score (nSPS) is 15.2. The van der Waals surface area contributed by atoms with E-state index in [1.807, 2.05) is 37.3 Å². The molecule has 1 heterocycles. The Morgan fingerprint density at radius 3 is 2.56 bits per heavy atom. The minimum atomic E-state index is -0.356. The summed E-state index contributed by atoms with van der Waals surface area (Å²) in [6.07, 6.45) is 1.77. The third-order valence-corrected chi connectivity index (χ3v) is 7.14. The van der Waals surface area contributed by atoms with E-state index >= 15 is 0 Å². The largest absolute Gasteiger partial charge is 0.493 e. The van der Waals surface area contributed by atoms with Gasteiger partial charge in [-0.15, -0.1) is 0 Å². The number of thioether (sulfide) groups is 1. The molecule has 0 aliphatic carbocycles. The predicted molar refractivity (Wildman–Crippen MR) is 148 cm³/mol. The minimum absolute atomic E-state index is 0.142. The first kappa shape index (κ1) is 25.8. The maximum Gasteiger partial charge on any atom is 0.266 e. The molecule has 9 heteroatoms. The molecule has 0 bridgehead atoms. The van der Waals surface area contributed by atoms with Crippen molar-refractivity contribution in [3.05, 3.63) is 93.9 Å². The number of rotatable bonds is 8. The first-order valence-corrected chi connectivity index (χ1v) is 12.6. The summed E-state index contributed by atoms with van der Waals surface area (Å²) >= 11 is 12.9. The molecule has 0 unspecified atom stereocenters. The van der Waals surface area contributed by atoms with Gasteiger partial charge in [0.05, 0.1) is 28.8 Å². The lowest BCUT2D eigenvalue weighted by atomic mass is 10.1. The highest BCUT2D eigenvalue weighted by Crippen LogP contribution is 2.39. The number of ether oxygens (including phenoxy) is 2. The molecule has 3 aromatic rings. The fraction of sp³-hybridized carbons (Fsp3) is 0.148. The van der Waals surface area contributed by atoms with Crippen molar-refractivity contribution < 1.29 is 19.1 Å². The van der Waals surface area contributed by atoms with E-state index in [2.05, 4.69) is 5.32 Å². The summed E-state index contributed by atoms with van der Waals surface area (Å²) in [5.41, 5.74) is 2.26. The SMILES string of the molecule is COc1cc(/C=C2\SC(=S)N([C@@H](C)c3ccccc3)C2=O)ccc1OCC(=O)Nc1ccccc1Cl. The minimum Gasteiger partial charge on any atom is -0.493 e. The first-order valence-electron chi connectivity index (χ1n) is 11.0. The summed E-state index contributed by atoms with van der Waals surface area (Å²) in [6, 6.07) is 21.8. The summed E-state index contributed by atoms with van der Waals surface area (Å²) in [7, 11) is 1.51. The van der Waals surface area contributed by atoms with E-state index in [0.717, 1.165) is 11.1 Å². The standard InChI is InChI=1S/C27H23ClN2O4S2/c1-17(19-8-4-3-5-9-19)30-26(32)24(36-27(30)35)15-18-12-13-22(23(14-18)33-2)34-16-25(31)29-21-11-7-6-10-20(21)28/h3-15,17H,16H2,1-2H3,(H,29,31)/b24-15-/t17-/m0/s1. The number of amides is 2. The van der Waals surface area contributed by atoms with Gasteiger partial charge in [0, 0.05) is 0 Å². The molecule has 1 saturated heterocycles.